The van der Waals surface area contributed by atoms with Crippen LogP contribution < -0.4 is 5.32 Å². The molecule has 26 heavy (non-hydrogen) atoms. The van der Waals surface area contributed by atoms with Crippen LogP contribution in [0.25, 0.3) is 0 Å². The highest BCUT2D eigenvalue weighted by atomic mass is 16.5. The second-order valence-electron chi connectivity index (χ2n) is 6.95. The molecule has 0 aromatic carbocycles. The molecule has 2 saturated heterocycles. The number of ether oxygens (including phenoxy) is 1. The lowest BCUT2D eigenvalue weighted by Gasteiger charge is -2.36. The molecule has 1 N–H and O–H groups in total. The average molecular weight is 362 g/mol. The van der Waals surface area contributed by atoms with Crippen molar-refractivity contribution in [1.29, 1.82) is 0 Å². The molecular weight excluding hydrogens is 332 g/mol. The lowest BCUT2D eigenvalue weighted by atomic mass is 9.95. The zero-order chi connectivity index (χ0) is 18.4. The molecule has 8 nitrogen and oxygen atoms in total. The Labute approximate surface area is 155 Å². The standard InChI is InChI=1S/C18H30N6O2/c1-15-13-21-24(14-15)8-5-20-18(19-2)23-6-3-16(4-7-23)17(25)22-9-11-26-12-10-22/h13-14,16H,3-12H2,1-2H3,(H,19,20). The number of morpholine rings is 1. The molecule has 0 spiro atoms. The zero-order valence-electron chi connectivity index (χ0n) is 15.9. The van der Waals surface area contributed by atoms with Gasteiger partial charge in [0.25, 0.3) is 0 Å². The molecule has 1 aromatic rings. The molecule has 0 unspecified atom stereocenters. The third-order valence-electron chi connectivity index (χ3n) is 5.06. The van der Waals surface area contributed by atoms with Crippen LogP contribution in [0.3, 0.4) is 0 Å². The molecule has 0 aliphatic carbocycles. The summed E-state index contributed by atoms with van der Waals surface area (Å²) in [6.07, 6.45) is 5.67. The number of piperidine rings is 1. The van der Waals surface area contributed by atoms with E-state index in [4.69, 9.17) is 4.74 Å². The summed E-state index contributed by atoms with van der Waals surface area (Å²) in [4.78, 5) is 21.2. The smallest absolute Gasteiger partial charge is 0.225 e. The van der Waals surface area contributed by atoms with E-state index in [9.17, 15) is 4.79 Å². The van der Waals surface area contributed by atoms with Gasteiger partial charge in [0.2, 0.25) is 5.91 Å². The van der Waals surface area contributed by atoms with Crippen molar-refractivity contribution in [2.45, 2.75) is 26.3 Å². The summed E-state index contributed by atoms with van der Waals surface area (Å²) in [5.74, 6) is 1.34. The summed E-state index contributed by atoms with van der Waals surface area (Å²) in [5, 5.41) is 7.70. The van der Waals surface area contributed by atoms with Crippen LogP contribution in [0.4, 0.5) is 0 Å². The summed E-state index contributed by atoms with van der Waals surface area (Å²) >= 11 is 0. The van der Waals surface area contributed by atoms with Gasteiger partial charge in [-0.3, -0.25) is 14.5 Å². The number of aryl methyl sites for hydroxylation is 1. The number of carbonyl (C=O) groups excluding carboxylic acids is 1. The zero-order valence-corrected chi connectivity index (χ0v) is 15.9. The Hall–Kier alpha value is -2.09. The van der Waals surface area contributed by atoms with E-state index in [0.717, 1.165) is 58.1 Å². The quantitative estimate of drug-likeness (QED) is 0.617. The molecule has 0 saturated carbocycles. The SMILES string of the molecule is CN=C(NCCn1cc(C)cn1)N1CCC(C(=O)N2CCOCC2)CC1. The molecule has 0 radical (unpaired) electrons. The van der Waals surface area contributed by atoms with Gasteiger partial charge in [-0.25, -0.2) is 0 Å². The fourth-order valence-electron chi connectivity index (χ4n) is 3.58. The minimum absolute atomic E-state index is 0.134. The number of guanidine groups is 1. The van der Waals surface area contributed by atoms with E-state index in [-0.39, 0.29) is 5.92 Å². The van der Waals surface area contributed by atoms with Crippen LogP contribution in [0.2, 0.25) is 0 Å². The Balaban J connectivity index is 1.42. The number of amides is 1. The van der Waals surface area contributed by atoms with Crippen molar-refractivity contribution in [3.05, 3.63) is 18.0 Å². The highest BCUT2D eigenvalue weighted by Crippen LogP contribution is 2.20. The Morgan fingerprint density at radius 2 is 2.00 bits per heavy atom. The Kier molecular flexibility index (Phi) is 6.49. The Morgan fingerprint density at radius 3 is 2.62 bits per heavy atom. The molecule has 3 rings (SSSR count). The van der Waals surface area contributed by atoms with E-state index >= 15 is 0 Å². The molecule has 1 aromatic heterocycles. The average Bonchev–Trinajstić information content (AvgIpc) is 3.11. The van der Waals surface area contributed by atoms with Crippen molar-refractivity contribution in [2.75, 3.05) is 53.0 Å². The summed E-state index contributed by atoms with van der Waals surface area (Å²) in [7, 11) is 1.81. The van der Waals surface area contributed by atoms with Crippen molar-refractivity contribution < 1.29 is 9.53 Å². The van der Waals surface area contributed by atoms with Gasteiger partial charge in [0.05, 0.1) is 26.0 Å². The summed E-state index contributed by atoms with van der Waals surface area (Å²) in [6, 6.07) is 0. The van der Waals surface area contributed by atoms with Gasteiger partial charge >= 0.3 is 0 Å². The van der Waals surface area contributed by atoms with Crippen LogP contribution in [0, 0.1) is 12.8 Å². The van der Waals surface area contributed by atoms with Gasteiger partial charge in [-0.2, -0.15) is 5.10 Å². The van der Waals surface area contributed by atoms with Gasteiger partial charge in [0.1, 0.15) is 0 Å². The van der Waals surface area contributed by atoms with Gasteiger partial charge < -0.3 is 19.9 Å². The van der Waals surface area contributed by atoms with E-state index in [2.05, 4.69) is 20.3 Å². The lowest BCUT2D eigenvalue weighted by Crippen LogP contribution is -2.50. The van der Waals surface area contributed by atoms with Gasteiger partial charge in [0.15, 0.2) is 5.96 Å². The highest BCUT2D eigenvalue weighted by molar-refractivity contribution is 5.81. The molecule has 8 heteroatoms. The number of carbonyl (C=O) groups is 1. The third-order valence-corrected chi connectivity index (χ3v) is 5.06. The summed E-state index contributed by atoms with van der Waals surface area (Å²) in [5.41, 5.74) is 1.17. The van der Waals surface area contributed by atoms with E-state index < -0.39 is 0 Å². The first-order valence-corrected chi connectivity index (χ1v) is 9.48. The molecule has 2 aliphatic heterocycles. The first-order valence-electron chi connectivity index (χ1n) is 9.48. The van der Waals surface area contributed by atoms with E-state index in [1.54, 1.807) is 0 Å². The van der Waals surface area contributed by atoms with Crippen LogP contribution >= 0.6 is 0 Å². The molecule has 144 valence electrons. The number of rotatable bonds is 4. The van der Waals surface area contributed by atoms with E-state index in [1.165, 1.54) is 5.56 Å². The summed E-state index contributed by atoms with van der Waals surface area (Å²) in [6.45, 7) is 8.14. The number of aromatic nitrogens is 2. The molecule has 2 aliphatic rings. The minimum atomic E-state index is 0.134. The van der Waals surface area contributed by atoms with Crippen molar-refractivity contribution in [1.82, 2.24) is 24.9 Å². The molecule has 3 heterocycles. The number of hydrogen-bond donors (Lipinski definition) is 1. The van der Waals surface area contributed by atoms with Gasteiger partial charge in [-0.05, 0) is 25.3 Å². The van der Waals surface area contributed by atoms with Crippen molar-refractivity contribution in [2.24, 2.45) is 10.9 Å². The summed E-state index contributed by atoms with van der Waals surface area (Å²) < 4.78 is 7.27. The predicted molar refractivity (Wildman–Crippen MR) is 100 cm³/mol. The number of nitrogens with zero attached hydrogens (tertiary/aromatic N) is 5. The van der Waals surface area contributed by atoms with Crippen LogP contribution in [0.5, 0.6) is 0 Å². The maximum Gasteiger partial charge on any atom is 0.225 e. The van der Waals surface area contributed by atoms with Crippen LogP contribution in [0.15, 0.2) is 17.4 Å². The second-order valence-corrected chi connectivity index (χ2v) is 6.95. The largest absolute Gasteiger partial charge is 0.378 e. The topological polar surface area (TPSA) is 75.0 Å². The number of nitrogens with one attached hydrogen (secondary N) is 1. The van der Waals surface area contributed by atoms with Crippen LogP contribution in [-0.4, -0.2) is 84.4 Å². The maximum atomic E-state index is 12.6. The number of hydrogen-bond acceptors (Lipinski definition) is 4. The molecule has 1 amide bonds. The number of aliphatic imine (C=N–C) groups is 1. The second kappa shape index (κ2) is 9.02. The van der Waals surface area contributed by atoms with Gasteiger partial charge in [-0.1, -0.05) is 0 Å². The highest BCUT2D eigenvalue weighted by Gasteiger charge is 2.30. The van der Waals surface area contributed by atoms with Crippen molar-refractivity contribution in [3.8, 4) is 0 Å². The van der Waals surface area contributed by atoms with E-state index in [1.807, 2.05) is 35.9 Å². The lowest BCUT2D eigenvalue weighted by molar-refractivity contribution is -0.140. The maximum absolute atomic E-state index is 12.6. The third kappa shape index (κ3) is 4.75. The number of likely N-dealkylation sites (tertiary alicyclic amines) is 1. The van der Waals surface area contributed by atoms with Gasteiger partial charge in [0, 0.05) is 51.9 Å². The molecule has 2 fully saturated rings. The fourth-order valence-corrected chi connectivity index (χ4v) is 3.58. The first kappa shape index (κ1) is 18.7. The normalized spacial score (nSPS) is 19.7. The fraction of sp³-hybridized carbons (Fsp3) is 0.722. The van der Waals surface area contributed by atoms with E-state index in [0.29, 0.717) is 19.1 Å². The minimum Gasteiger partial charge on any atom is -0.378 e. The predicted octanol–water partition coefficient (Wildman–Crippen LogP) is 0.338. The van der Waals surface area contributed by atoms with Gasteiger partial charge in [-0.15, -0.1) is 0 Å². The molecular formula is C18H30N6O2. The Bertz CT molecular complexity index is 615. The van der Waals surface area contributed by atoms with Crippen molar-refractivity contribution >= 4 is 11.9 Å². The molecule has 0 bridgehead atoms. The van der Waals surface area contributed by atoms with Crippen molar-refractivity contribution in [3.63, 3.8) is 0 Å². The first-order chi connectivity index (χ1) is 12.7. The van der Waals surface area contributed by atoms with Crippen LogP contribution in [-0.2, 0) is 16.1 Å². The Morgan fingerprint density at radius 1 is 1.27 bits per heavy atom. The van der Waals surface area contributed by atoms with Crippen LogP contribution in [0.1, 0.15) is 18.4 Å². The monoisotopic (exact) mass is 362 g/mol. The molecule has 0 atom stereocenters.